The molecule has 2 bridgehead atoms. The molecule has 1 aliphatic heterocycles. The predicted octanol–water partition coefficient (Wildman–Crippen LogP) is 3.09. The normalized spacial score (nSPS) is 24.3. The number of nitro benzene ring substituents is 1. The third-order valence-electron chi connectivity index (χ3n) is 6.92. The van der Waals surface area contributed by atoms with E-state index in [1.54, 1.807) is 0 Å². The maximum Gasteiger partial charge on any atom is 0.338 e. The van der Waals surface area contributed by atoms with Crippen molar-refractivity contribution in [3.8, 4) is 0 Å². The van der Waals surface area contributed by atoms with E-state index in [4.69, 9.17) is 4.74 Å². The fourth-order valence-electron chi connectivity index (χ4n) is 5.38. The highest BCUT2D eigenvalue weighted by molar-refractivity contribution is 6.23. The lowest BCUT2D eigenvalue weighted by molar-refractivity contribution is -0.384. The summed E-state index contributed by atoms with van der Waals surface area (Å²) in [5, 5.41) is 13.3. The van der Waals surface area contributed by atoms with Crippen LogP contribution in [0.2, 0.25) is 0 Å². The molecule has 1 saturated heterocycles. The summed E-state index contributed by atoms with van der Waals surface area (Å²) in [6.45, 7) is 1.41. The van der Waals surface area contributed by atoms with Crippen molar-refractivity contribution in [2.45, 2.75) is 13.3 Å². The Morgan fingerprint density at radius 1 is 1.11 bits per heavy atom. The van der Waals surface area contributed by atoms with Crippen LogP contribution in [-0.4, -0.2) is 35.2 Å². The van der Waals surface area contributed by atoms with E-state index in [-0.39, 0.29) is 52.4 Å². The first-order chi connectivity index (χ1) is 16.7. The van der Waals surface area contributed by atoms with E-state index in [1.807, 2.05) is 6.92 Å². The average Bonchev–Trinajstić information content (AvgIpc) is 3.48. The summed E-state index contributed by atoms with van der Waals surface area (Å²) < 4.78 is 5.02. The van der Waals surface area contributed by atoms with Gasteiger partial charge in [0.25, 0.3) is 11.6 Å². The number of benzene rings is 2. The number of fused-ring (bicyclic) bond motifs is 5. The van der Waals surface area contributed by atoms with Gasteiger partial charge in [0.15, 0.2) is 6.61 Å². The van der Waals surface area contributed by atoms with Gasteiger partial charge in [0.05, 0.1) is 28.0 Å². The van der Waals surface area contributed by atoms with Crippen LogP contribution in [0.3, 0.4) is 0 Å². The van der Waals surface area contributed by atoms with Gasteiger partial charge in [-0.05, 0) is 55.5 Å². The van der Waals surface area contributed by atoms with Crippen LogP contribution in [0.15, 0.2) is 60.2 Å². The summed E-state index contributed by atoms with van der Waals surface area (Å²) in [6, 6.07) is 11.3. The standard InChI is InChI=1S/C25H21N3O7/c1-13-9-15-10-19(13)22-21(15)23(30)27(24(22)31)17-7-5-14(6-8-17)25(32)35-12-20(29)26-16-3-2-4-18(11-16)28(33)34/h2-9,11,15,19,21-22H,10,12H2,1H3,(H,26,29)/t15-,19+,21-,22-/m0/s1. The first kappa shape index (κ1) is 22.5. The quantitative estimate of drug-likeness (QED) is 0.223. The van der Waals surface area contributed by atoms with Crippen LogP contribution in [0.4, 0.5) is 17.1 Å². The minimum Gasteiger partial charge on any atom is -0.452 e. The molecule has 0 unspecified atom stereocenters. The molecule has 2 aromatic carbocycles. The van der Waals surface area contributed by atoms with Crippen molar-refractivity contribution < 1.29 is 28.8 Å². The molecular formula is C25H21N3O7. The maximum atomic E-state index is 13.0. The minimum absolute atomic E-state index is 0.105. The van der Waals surface area contributed by atoms with Gasteiger partial charge in [-0.3, -0.25) is 29.4 Å². The number of nitro groups is 1. The fourth-order valence-corrected chi connectivity index (χ4v) is 5.38. The van der Waals surface area contributed by atoms with Gasteiger partial charge in [0.1, 0.15) is 0 Å². The highest BCUT2D eigenvalue weighted by atomic mass is 16.6. The monoisotopic (exact) mass is 475 g/mol. The number of imide groups is 1. The van der Waals surface area contributed by atoms with Gasteiger partial charge >= 0.3 is 5.97 Å². The van der Waals surface area contributed by atoms with Crippen molar-refractivity contribution in [1.29, 1.82) is 0 Å². The van der Waals surface area contributed by atoms with Crippen molar-refractivity contribution in [2.75, 3.05) is 16.8 Å². The molecule has 3 aliphatic rings. The number of carbonyl (C=O) groups excluding carboxylic acids is 4. The average molecular weight is 475 g/mol. The lowest BCUT2D eigenvalue weighted by Crippen LogP contribution is -2.33. The minimum atomic E-state index is -0.764. The van der Waals surface area contributed by atoms with Gasteiger partial charge in [0, 0.05) is 17.8 Å². The number of hydrogen-bond donors (Lipinski definition) is 1. The molecule has 2 fully saturated rings. The molecule has 0 radical (unpaired) electrons. The SMILES string of the molecule is CC1=C[C@H]2C[C@H]1[C@@H]1C(=O)N(c3ccc(C(=O)OCC(=O)Nc4cccc([N+](=O)[O-])c4)cc3)C(=O)[C@H]12. The van der Waals surface area contributed by atoms with Gasteiger partial charge < -0.3 is 10.1 Å². The Hall–Kier alpha value is -4.34. The second kappa shape index (κ2) is 8.46. The molecule has 5 rings (SSSR count). The Labute approximate surface area is 199 Å². The van der Waals surface area contributed by atoms with Crippen LogP contribution in [0, 0.1) is 33.8 Å². The van der Waals surface area contributed by atoms with E-state index < -0.39 is 23.4 Å². The zero-order valence-corrected chi connectivity index (χ0v) is 18.7. The molecule has 178 valence electrons. The largest absolute Gasteiger partial charge is 0.452 e. The van der Waals surface area contributed by atoms with Crippen LogP contribution in [0.25, 0.3) is 0 Å². The summed E-state index contributed by atoms with van der Waals surface area (Å²) in [5.41, 5.74) is 1.73. The summed E-state index contributed by atoms with van der Waals surface area (Å²) in [7, 11) is 0. The number of amides is 3. The van der Waals surface area contributed by atoms with Gasteiger partial charge in [0.2, 0.25) is 11.8 Å². The Bertz CT molecular complexity index is 1300. The molecule has 0 spiro atoms. The highest BCUT2D eigenvalue weighted by Crippen LogP contribution is 2.55. The summed E-state index contributed by atoms with van der Waals surface area (Å²) in [4.78, 5) is 61.9. The number of carbonyl (C=O) groups is 4. The van der Waals surface area contributed by atoms with Gasteiger partial charge in [-0.1, -0.05) is 17.7 Å². The molecule has 1 N–H and O–H groups in total. The van der Waals surface area contributed by atoms with E-state index in [1.165, 1.54) is 59.0 Å². The van der Waals surface area contributed by atoms with Crippen LogP contribution in [0.5, 0.6) is 0 Å². The lowest BCUT2D eigenvalue weighted by atomic mass is 9.82. The first-order valence-electron chi connectivity index (χ1n) is 11.1. The molecular weight excluding hydrogens is 454 g/mol. The van der Waals surface area contributed by atoms with Crippen molar-refractivity contribution in [1.82, 2.24) is 0 Å². The van der Waals surface area contributed by atoms with Crippen LogP contribution < -0.4 is 10.2 Å². The Kier molecular flexibility index (Phi) is 5.43. The van der Waals surface area contributed by atoms with Gasteiger partial charge in [-0.25, -0.2) is 4.79 Å². The summed E-state index contributed by atoms with van der Waals surface area (Å²) in [6.07, 6.45) is 2.96. The number of hydrogen-bond acceptors (Lipinski definition) is 7. The highest BCUT2D eigenvalue weighted by Gasteiger charge is 2.60. The van der Waals surface area contributed by atoms with E-state index in [2.05, 4.69) is 11.4 Å². The fraction of sp³-hybridized carbons (Fsp3) is 0.280. The third kappa shape index (κ3) is 3.86. The summed E-state index contributed by atoms with van der Waals surface area (Å²) in [5.74, 6) is -2.23. The Morgan fingerprint density at radius 2 is 1.83 bits per heavy atom. The van der Waals surface area contributed by atoms with Crippen LogP contribution in [0.1, 0.15) is 23.7 Å². The second-order valence-electron chi connectivity index (χ2n) is 8.96. The number of esters is 1. The van der Waals surface area contributed by atoms with E-state index in [0.29, 0.717) is 5.69 Å². The van der Waals surface area contributed by atoms with E-state index >= 15 is 0 Å². The zero-order chi connectivity index (χ0) is 24.9. The van der Waals surface area contributed by atoms with E-state index in [9.17, 15) is 29.3 Å². The zero-order valence-electron chi connectivity index (χ0n) is 18.7. The van der Waals surface area contributed by atoms with Crippen LogP contribution in [-0.2, 0) is 19.1 Å². The second-order valence-corrected chi connectivity index (χ2v) is 8.96. The molecule has 2 aliphatic carbocycles. The molecule has 35 heavy (non-hydrogen) atoms. The van der Waals surface area contributed by atoms with Gasteiger partial charge in [-0.2, -0.15) is 0 Å². The smallest absolute Gasteiger partial charge is 0.338 e. The van der Waals surface area contributed by atoms with Gasteiger partial charge in [-0.15, -0.1) is 0 Å². The van der Waals surface area contributed by atoms with Crippen molar-refractivity contribution >= 4 is 40.8 Å². The number of rotatable bonds is 6. The molecule has 10 nitrogen and oxygen atoms in total. The summed E-state index contributed by atoms with van der Waals surface area (Å²) >= 11 is 0. The number of allylic oxidation sites excluding steroid dienone is 2. The van der Waals surface area contributed by atoms with E-state index in [0.717, 1.165) is 6.42 Å². The molecule has 1 saturated carbocycles. The Balaban J connectivity index is 1.20. The number of non-ortho nitro benzene ring substituents is 1. The first-order valence-corrected chi connectivity index (χ1v) is 11.1. The molecule has 4 atom stereocenters. The molecule has 0 aromatic heterocycles. The molecule has 3 amide bonds. The number of anilines is 2. The van der Waals surface area contributed by atoms with Crippen LogP contribution >= 0.6 is 0 Å². The molecule has 10 heteroatoms. The predicted molar refractivity (Wildman–Crippen MR) is 123 cm³/mol. The molecule has 2 aromatic rings. The molecule has 1 heterocycles. The number of nitrogens with one attached hydrogen (secondary N) is 1. The van der Waals surface area contributed by atoms with Crippen molar-refractivity contribution in [2.24, 2.45) is 23.7 Å². The number of nitrogens with zero attached hydrogens (tertiary/aromatic N) is 2. The Morgan fingerprint density at radius 3 is 2.54 bits per heavy atom. The maximum absolute atomic E-state index is 13.0. The third-order valence-corrected chi connectivity index (χ3v) is 6.92. The number of ether oxygens (including phenoxy) is 1. The topological polar surface area (TPSA) is 136 Å². The van der Waals surface area contributed by atoms with Crippen molar-refractivity contribution in [3.63, 3.8) is 0 Å². The van der Waals surface area contributed by atoms with Crippen molar-refractivity contribution in [3.05, 3.63) is 75.9 Å². The lowest BCUT2D eigenvalue weighted by Gasteiger charge is -2.19.